The van der Waals surface area contributed by atoms with Crippen LogP contribution in [0.25, 0.3) is 0 Å². The van der Waals surface area contributed by atoms with E-state index in [1.54, 1.807) is 18.2 Å². The van der Waals surface area contributed by atoms with Crippen LogP contribution in [0.2, 0.25) is 0 Å². The molecule has 2 aromatic rings. The number of sulfonamides is 1. The molecule has 130 valence electrons. The maximum Gasteiger partial charge on any atom is 0.339 e. The highest BCUT2D eigenvalue weighted by Gasteiger charge is 2.50. The van der Waals surface area contributed by atoms with E-state index in [9.17, 15) is 17.6 Å². The highest BCUT2D eigenvalue weighted by molar-refractivity contribution is 7.89. The number of halogens is 1. The number of fused-ring (bicyclic) bond motifs is 2. The zero-order valence-corrected chi connectivity index (χ0v) is 14.1. The van der Waals surface area contributed by atoms with Gasteiger partial charge in [-0.05, 0) is 37.1 Å². The summed E-state index contributed by atoms with van der Waals surface area (Å²) in [5.74, 6) is -1.04. The summed E-state index contributed by atoms with van der Waals surface area (Å²) in [6, 6.07) is 12.0. The van der Waals surface area contributed by atoms with Crippen LogP contribution in [0.4, 0.5) is 4.39 Å². The van der Waals surface area contributed by atoms with Gasteiger partial charge < -0.3 is 4.74 Å². The molecule has 5 nitrogen and oxygen atoms in total. The Morgan fingerprint density at radius 2 is 1.92 bits per heavy atom. The van der Waals surface area contributed by atoms with E-state index in [1.165, 1.54) is 22.5 Å². The SMILES string of the molecule is O=C1OC2(CCCN(S(=O)(=O)c3cccc(F)c3)C2)c2ccccc21. The van der Waals surface area contributed by atoms with E-state index in [0.29, 0.717) is 24.9 Å². The Balaban J connectivity index is 1.72. The second-order valence-electron chi connectivity index (χ2n) is 6.33. The largest absolute Gasteiger partial charge is 0.449 e. The first-order valence-corrected chi connectivity index (χ1v) is 9.45. The van der Waals surface area contributed by atoms with E-state index in [-0.39, 0.29) is 11.4 Å². The molecule has 2 aliphatic rings. The number of esters is 1. The van der Waals surface area contributed by atoms with Gasteiger partial charge in [0.05, 0.1) is 17.0 Å². The van der Waals surface area contributed by atoms with E-state index in [0.717, 1.165) is 11.6 Å². The van der Waals surface area contributed by atoms with Crippen molar-refractivity contribution in [2.24, 2.45) is 0 Å². The van der Waals surface area contributed by atoms with E-state index in [1.807, 2.05) is 6.07 Å². The third kappa shape index (κ3) is 2.54. The molecule has 0 N–H and O–H groups in total. The Hall–Kier alpha value is -2.25. The number of carbonyl (C=O) groups is 1. The number of carbonyl (C=O) groups excluding carboxylic acids is 1. The number of rotatable bonds is 2. The molecular weight excluding hydrogens is 345 g/mol. The molecule has 2 heterocycles. The van der Waals surface area contributed by atoms with Gasteiger partial charge in [-0.15, -0.1) is 0 Å². The van der Waals surface area contributed by atoms with Crippen LogP contribution in [-0.2, 0) is 20.4 Å². The van der Waals surface area contributed by atoms with Gasteiger partial charge in [0.15, 0.2) is 5.60 Å². The monoisotopic (exact) mass is 361 g/mol. The fourth-order valence-corrected chi connectivity index (χ4v) is 5.17. The summed E-state index contributed by atoms with van der Waals surface area (Å²) >= 11 is 0. The van der Waals surface area contributed by atoms with Gasteiger partial charge in [-0.2, -0.15) is 4.31 Å². The summed E-state index contributed by atoms with van der Waals surface area (Å²) in [6.07, 6.45) is 1.11. The molecule has 1 fully saturated rings. The summed E-state index contributed by atoms with van der Waals surface area (Å²) < 4.78 is 46.1. The second kappa shape index (κ2) is 5.64. The van der Waals surface area contributed by atoms with Crippen molar-refractivity contribution in [2.75, 3.05) is 13.1 Å². The third-order valence-electron chi connectivity index (χ3n) is 4.78. The van der Waals surface area contributed by atoms with Crippen molar-refractivity contribution in [1.82, 2.24) is 4.31 Å². The second-order valence-corrected chi connectivity index (χ2v) is 8.27. The molecule has 1 unspecified atom stereocenters. The van der Waals surface area contributed by atoms with Crippen molar-refractivity contribution in [3.05, 3.63) is 65.5 Å². The molecule has 7 heteroatoms. The molecule has 2 aromatic carbocycles. The normalized spacial score (nSPS) is 23.5. The number of nitrogens with zero attached hydrogens (tertiary/aromatic N) is 1. The van der Waals surface area contributed by atoms with Crippen LogP contribution >= 0.6 is 0 Å². The lowest BCUT2D eigenvalue weighted by Crippen LogP contribution is -2.48. The average molecular weight is 361 g/mol. The number of hydrogen-bond donors (Lipinski definition) is 0. The van der Waals surface area contributed by atoms with E-state index in [4.69, 9.17) is 4.74 Å². The molecule has 25 heavy (non-hydrogen) atoms. The fourth-order valence-electron chi connectivity index (χ4n) is 3.61. The molecule has 1 spiro atoms. The first-order valence-electron chi connectivity index (χ1n) is 8.01. The average Bonchev–Trinajstić information content (AvgIpc) is 2.87. The van der Waals surface area contributed by atoms with Crippen LogP contribution < -0.4 is 0 Å². The summed E-state index contributed by atoms with van der Waals surface area (Å²) in [7, 11) is -3.87. The van der Waals surface area contributed by atoms with Crippen LogP contribution in [0.15, 0.2) is 53.4 Å². The molecule has 1 saturated heterocycles. The van der Waals surface area contributed by atoms with Gasteiger partial charge in [0.1, 0.15) is 5.82 Å². The van der Waals surface area contributed by atoms with E-state index in [2.05, 4.69) is 0 Å². The van der Waals surface area contributed by atoms with Gasteiger partial charge in [0.25, 0.3) is 0 Å². The van der Waals surface area contributed by atoms with Crippen LogP contribution in [0, 0.1) is 5.82 Å². The van der Waals surface area contributed by atoms with Crippen LogP contribution in [0.5, 0.6) is 0 Å². The number of benzene rings is 2. The first-order chi connectivity index (χ1) is 11.9. The molecule has 0 aliphatic carbocycles. The lowest BCUT2D eigenvalue weighted by atomic mass is 9.86. The Morgan fingerprint density at radius 3 is 2.72 bits per heavy atom. The van der Waals surface area contributed by atoms with Crippen molar-refractivity contribution >= 4 is 16.0 Å². The minimum absolute atomic E-state index is 0.0363. The van der Waals surface area contributed by atoms with Gasteiger partial charge in [-0.3, -0.25) is 0 Å². The van der Waals surface area contributed by atoms with Crippen molar-refractivity contribution in [3.8, 4) is 0 Å². The lowest BCUT2D eigenvalue weighted by Gasteiger charge is -2.38. The van der Waals surface area contributed by atoms with Crippen molar-refractivity contribution in [3.63, 3.8) is 0 Å². The molecule has 0 bridgehead atoms. The number of hydrogen-bond acceptors (Lipinski definition) is 4. The van der Waals surface area contributed by atoms with Gasteiger partial charge >= 0.3 is 5.97 Å². The minimum atomic E-state index is -3.87. The van der Waals surface area contributed by atoms with Crippen molar-refractivity contribution in [2.45, 2.75) is 23.3 Å². The minimum Gasteiger partial charge on any atom is -0.449 e. The predicted molar refractivity (Wildman–Crippen MR) is 87.9 cm³/mol. The Bertz CT molecular complexity index is 959. The maximum atomic E-state index is 13.5. The maximum absolute atomic E-state index is 13.5. The Labute approximate surface area is 145 Å². The summed E-state index contributed by atoms with van der Waals surface area (Å²) in [6.45, 7) is 0.342. The molecular formula is C18H16FNO4S. The highest BCUT2D eigenvalue weighted by atomic mass is 32.2. The number of piperidine rings is 1. The molecule has 0 radical (unpaired) electrons. The van der Waals surface area contributed by atoms with Crippen LogP contribution in [0.3, 0.4) is 0 Å². The Kier molecular flexibility index (Phi) is 3.66. The summed E-state index contributed by atoms with van der Waals surface area (Å²) in [4.78, 5) is 12.1. The molecule has 2 aliphatic heterocycles. The van der Waals surface area contributed by atoms with Gasteiger partial charge in [-0.1, -0.05) is 24.3 Å². The molecule has 0 saturated carbocycles. The highest BCUT2D eigenvalue weighted by Crippen LogP contribution is 2.43. The quantitative estimate of drug-likeness (QED) is 0.772. The molecule has 1 atom stereocenters. The van der Waals surface area contributed by atoms with Gasteiger partial charge in [-0.25, -0.2) is 17.6 Å². The lowest BCUT2D eigenvalue weighted by molar-refractivity contribution is -0.0345. The van der Waals surface area contributed by atoms with Crippen molar-refractivity contribution < 1.29 is 22.3 Å². The smallest absolute Gasteiger partial charge is 0.339 e. The topological polar surface area (TPSA) is 63.7 Å². The first kappa shape index (κ1) is 16.2. The standard InChI is InChI=1S/C18H16FNO4S/c19-13-5-3-6-14(11-13)25(22,23)20-10-4-9-18(12-20)16-8-2-1-7-15(16)17(21)24-18/h1-3,5-8,11H,4,9-10,12H2. The summed E-state index contributed by atoms with van der Waals surface area (Å²) in [5.41, 5.74) is 0.235. The third-order valence-corrected chi connectivity index (χ3v) is 6.62. The molecule has 0 amide bonds. The predicted octanol–water partition coefficient (Wildman–Crippen LogP) is 2.68. The Morgan fingerprint density at radius 1 is 1.12 bits per heavy atom. The van der Waals surface area contributed by atoms with Crippen LogP contribution in [0.1, 0.15) is 28.8 Å². The van der Waals surface area contributed by atoms with Crippen molar-refractivity contribution in [1.29, 1.82) is 0 Å². The zero-order chi connectivity index (χ0) is 17.7. The molecule has 4 rings (SSSR count). The van der Waals surface area contributed by atoms with Gasteiger partial charge in [0.2, 0.25) is 10.0 Å². The molecule has 0 aromatic heterocycles. The zero-order valence-electron chi connectivity index (χ0n) is 13.3. The number of ether oxygens (including phenoxy) is 1. The van der Waals surface area contributed by atoms with E-state index >= 15 is 0 Å². The summed E-state index contributed by atoms with van der Waals surface area (Å²) in [5, 5.41) is 0. The van der Waals surface area contributed by atoms with Gasteiger partial charge in [0, 0.05) is 12.1 Å². The van der Waals surface area contributed by atoms with E-state index < -0.39 is 27.4 Å². The fraction of sp³-hybridized carbons (Fsp3) is 0.278. The van der Waals surface area contributed by atoms with Crippen LogP contribution in [-0.4, -0.2) is 31.8 Å².